The van der Waals surface area contributed by atoms with Gasteiger partial charge in [0, 0.05) is 6.07 Å². The van der Waals surface area contributed by atoms with Crippen molar-refractivity contribution in [2.45, 2.75) is 6.92 Å². The zero-order valence-corrected chi connectivity index (χ0v) is 13.2. The zero-order chi connectivity index (χ0) is 11.8. The van der Waals surface area contributed by atoms with Gasteiger partial charge in [0.2, 0.25) is 0 Å². The van der Waals surface area contributed by atoms with Crippen LogP contribution in [0.15, 0.2) is 42.7 Å². The van der Waals surface area contributed by atoms with Gasteiger partial charge in [0.15, 0.2) is 12.4 Å². The topological polar surface area (TPSA) is 16.8 Å². The fraction of sp³-hybridized carbons (Fsp3) is 0.143. The number of benzene rings is 1. The Kier molecular flexibility index (Phi) is 3.97. The lowest BCUT2D eigenvalue weighted by atomic mass is 10.2. The molecule has 0 N–H and O–H groups in total. The number of aromatic nitrogens is 2. The smallest absolute Gasteiger partial charge is 0.179 e. The lowest BCUT2D eigenvalue weighted by Gasteiger charge is -1.98. The van der Waals surface area contributed by atoms with Gasteiger partial charge in [0.05, 0.1) is 15.8 Å². The maximum absolute atomic E-state index is 4.69. The van der Waals surface area contributed by atoms with Crippen LogP contribution in [0.2, 0.25) is 0 Å². The molecule has 1 aromatic carbocycles. The van der Waals surface area contributed by atoms with Crippen LogP contribution in [0.5, 0.6) is 0 Å². The number of hydrogen-bond donors (Lipinski definition) is 0. The molecule has 0 fully saturated rings. The van der Waals surface area contributed by atoms with Crippen LogP contribution in [0.4, 0.5) is 0 Å². The third-order valence-electron chi connectivity index (χ3n) is 2.84. The van der Waals surface area contributed by atoms with Crippen LogP contribution >= 0.6 is 11.3 Å². The summed E-state index contributed by atoms with van der Waals surface area (Å²) in [5, 5.41) is 1.10. The molecule has 0 spiro atoms. The van der Waals surface area contributed by atoms with Gasteiger partial charge in [-0.15, -0.1) is 11.3 Å². The van der Waals surface area contributed by atoms with Gasteiger partial charge in [-0.2, -0.15) is 0 Å². The summed E-state index contributed by atoms with van der Waals surface area (Å²) < 4.78 is 3.31. The Morgan fingerprint density at radius 3 is 2.72 bits per heavy atom. The number of fused-ring (bicyclic) bond motifs is 1. The molecule has 3 rings (SSSR count). The normalized spacial score (nSPS) is 10.3. The Labute approximate surface area is 127 Å². The largest absolute Gasteiger partial charge is 1.00 e. The maximum Gasteiger partial charge on any atom is 0.179 e. The van der Waals surface area contributed by atoms with Gasteiger partial charge in [0.25, 0.3) is 0 Å². The summed E-state index contributed by atoms with van der Waals surface area (Å²) >= 11 is 1.75. The highest BCUT2D eigenvalue weighted by molar-refractivity contribution is 7.21. The minimum absolute atomic E-state index is 0. The van der Waals surface area contributed by atoms with Crippen molar-refractivity contribution in [3.05, 3.63) is 48.3 Å². The van der Waals surface area contributed by atoms with Crippen molar-refractivity contribution in [1.29, 1.82) is 0 Å². The number of aryl methyl sites for hydroxylation is 2. The Balaban J connectivity index is 0.00000120. The van der Waals surface area contributed by atoms with E-state index in [0.29, 0.717) is 0 Å². The molecule has 0 unspecified atom stereocenters. The van der Waals surface area contributed by atoms with Crippen LogP contribution in [-0.4, -0.2) is 4.98 Å². The third kappa shape index (κ3) is 2.40. The second-order valence-corrected chi connectivity index (χ2v) is 5.22. The lowest BCUT2D eigenvalue weighted by Crippen LogP contribution is -3.00. The highest BCUT2D eigenvalue weighted by atomic mass is 127. The third-order valence-corrected chi connectivity index (χ3v) is 3.91. The predicted molar refractivity (Wildman–Crippen MR) is 71.0 cm³/mol. The number of para-hydroxylation sites is 1. The maximum atomic E-state index is 4.69. The summed E-state index contributed by atoms with van der Waals surface area (Å²) in [5.74, 6) is 0. The van der Waals surface area contributed by atoms with Gasteiger partial charge in [-0.1, -0.05) is 12.1 Å². The summed E-state index contributed by atoms with van der Waals surface area (Å²) in [6.45, 7) is 2.13. The average Bonchev–Trinajstić information content (AvgIpc) is 2.75. The standard InChI is InChI=1S/C14H13N2S.HI/c1-10-7-8-16(2)9-11(10)14-15-12-5-3-4-6-13(12)17-14;/h3-9H,1-2H3;1H/q+1;/p-1. The van der Waals surface area contributed by atoms with Gasteiger partial charge < -0.3 is 24.0 Å². The van der Waals surface area contributed by atoms with Gasteiger partial charge >= 0.3 is 0 Å². The zero-order valence-electron chi connectivity index (χ0n) is 10.2. The average molecular weight is 368 g/mol. The van der Waals surface area contributed by atoms with Crippen molar-refractivity contribution >= 4 is 21.6 Å². The van der Waals surface area contributed by atoms with E-state index in [1.807, 2.05) is 13.1 Å². The number of nitrogens with zero attached hydrogens (tertiary/aromatic N) is 2. The number of pyridine rings is 1. The van der Waals surface area contributed by atoms with Crippen molar-refractivity contribution < 1.29 is 28.5 Å². The second kappa shape index (κ2) is 5.32. The summed E-state index contributed by atoms with van der Waals surface area (Å²) in [6, 6.07) is 10.4. The fourth-order valence-electron chi connectivity index (χ4n) is 1.88. The molecule has 0 saturated carbocycles. The van der Waals surface area contributed by atoms with E-state index in [9.17, 15) is 0 Å². The first-order chi connectivity index (χ1) is 8.24. The first-order valence-corrected chi connectivity index (χ1v) is 6.37. The summed E-state index contributed by atoms with van der Waals surface area (Å²) in [5.41, 5.74) is 3.57. The number of thiazole rings is 1. The number of rotatable bonds is 1. The van der Waals surface area contributed by atoms with Crippen molar-refractivity contribution in [3.63, 3.8) is 0 Å². The van der Waals surface area contributed by atoms with Crippen molar-refractivity contribution in [2.24, 2.45) is 7.05 Å². The van der Waals surface area contributed by atoms with Crippen LogP contribution in [0.25, 0.3) is 20.8 Å². The number of hydrogen-bond acceptors (Lipinski definition) is 2. The van der Waals surface area contributed by atoms with Gasteiger partial charge in [-0.25, -0.2) is 9.55 Å². The highest BCUT2D eigenvalue weighted by Crippen LogP contribution is 2.30. The van der Waals surface area contributed by atoms with E-state index >= 15 is 0 Å². The predicted octanol–water partition coefficient (Wildman–Crippen LogP) is 0.100. The van der Waals surface area contributed by atoms with Crippen molar-refractivity contribution in [3.8, 4) is 10.6 Å². The first-order valence-electron chi connectivity index (χ1n) is 5.56. The molecule has 0 aliphatic carbocycles. The quantitative estimate of drug-likeness (QED) is 0.440. The minimum atomic E-state index is 0. The van der Waals surface area contributed by atoms with Crippen molar-refractivity contribution in [1.82, 2.24) is 4.98 Å². The first kappa shape index (κ1) is 13.4. The molecule has 2 aromatic heterocycles. The molecule has 2 nitrogen and oxygen atoms in total. The van der Waals surface area contributed by atoms with E-state index in [4.69, 9.17) is 4.98 Å². The Morgan fingerprint density at radius 1 is 1.17 bits per heavy atom. The summed E-state index contributed by atoms with van der Waals surface area (Å²) in [6.07, 6.45) is 4.19. The van der Waals surface area contributed by atoms with E-state index in [2.05, 4.69) is 48.1 Å². The highest BCUT2D eigenvalue weighted by Gasteiger charge is 2.11. The minimum Gasteiger partial charge on any atom is -1.00 e. The molecule has 4 heteroatoms. The molecule has 0 aliphatic rings. The monoisotopic (exact) mass is 368 g/mol. The molecular formula is C14H13IN2S. The van der Waals surface area contributed by atoms with E-state index in [1.54, 1.807) is 11.3 Å². The molecule has 0 atom stereocenters. The molecular weight excluding hydrogens is 355 g/mol. The molecule has 92 valence electrons. The van der Waals surface area contributed by atoms with E-state index in [-0.39, 0.29) is 24.0 Å². The summed E-state index contributed by atoms with van der Waals surface area (Å²) in [4.78, 5) is 4.69. The lowest BCUT2D eigenvalue weighted by molar-refractivity contribution is -0.671. The molecule has 0 bridgehead atoms. The van der Waals surface area contributed by atoms with E-state index in [1.165, 1.54) is 15.8 Å². The van der Waals surface area contributed by atoms with Crippen LogP contribution < -0.4 is 28.5 Å². The second-order valence-electron chi connectivity index (χ2n) is 4.19. The Hall–Kier alpha value is -1.01. The Morgan fingerprint density at radius 2 is 1.94 bits per heavy atom. The van der Waals surface area contributed by atoms with Gasteiger partial charge in [0.1, 0.15) is 12.1 Å². The molecule has 3 aromatic rings. The van der Waals surface area contributed by atoms with Gasteiger partial charge in [-0.3, -0.25) is 0 Å². The molecule has 2 heterocycles. The van der Waals surface area contributed by atoms with E-state index < -0.39 is 0 Å². The Bertz CT molecular complexity index is 658. The summed E-state index contributed by atoms with van der Waals surface area (Å²) in [7, 11) is 2.04. The number of halogens is 1. The molecule has 18 heavy (non-hydrogen) atoms. The van der Waals surface area contributed by atoms with Crippen LogP contribution in [0.3, 0.4) is 0 Å². The van der Waals surface area contributed by atoms with Gasteiger partial charge in [-0.05, 0) is 24.6 Å². The van der Waals surface area contributed by atoms with Crippen LogP contribution in [-0.2, 0) is 7.05 Å². The van der Waals surface area contributed by atoms with Crippen molar-refractivity contribution in [2.75, 3.05) is 0 Å². The molecule has 0 radical (unpaired) electrons. The van der Waals surface area contributed by atoms with E-state index in [0.717, 1.165) is 10.5 Å². The fourth-order valence-corrected chi connectivity index (χ4v) is 2.92. The van der Waals surface area contributed by atoms with Crippen LogP contribution in [0.1, 0.15) is 5.56 Å². The molecule has 0 aliphatic heterocycles. The SMILES string of the molecule is Cc1cc[n+](C)cc1-c1nc2ccccc2s1.[I-]. The molecule has 0 amide bonds. The molecule has 0 saturated heterocycles. The van der Waals surface area contributed by atoms with Crippen LogP contribution in [0, 0.1) is 6.92 Å².